The van der Waals surface area contributed by atoms with Crippen molar-refractivity contribution in [2.24, 2.45) is 0 Å². The first-order valence-electron chi connectivity index (χ1n) is 7.34. The predicted octanol–water partition coefficient (Wildman–Crippen LogP) is 6.31. The van der Waals surface area contributed by atoms with E-state index in [4.69, 9.17) is 0 Å². The van der Waals surface area contributed by atoms with Crippen molar-refractivity contribution in [2.45, 2.75) is 46.0 Å². The molecule has 0 radical (unpaired) electrons. The second-order valence-corrected chi connectivity index (χ2v) is 4.31. The van der Waals surface area contributed by atoms with Crippen LogP contribution in [0.25, 0.3) is 0 Å². The van der Waals surface area contributed by atoms with E-state index in [2.05, 4.69) is 55.5 Å². The predicted molar refractivity (Wildman–Crippen MR) is 89.3 cm³/mol. The van der Waals surface area contributed by atoms with E-state index in [1.165, 1.54) is 25.7 Å². The average molecular weight is 256 g/mol. The molecule has 0 rings (SSSR count). The minimum atomic E-state index is 0.977. The summed E-state index contributed by atoms with van der Waals surface area (Å²) in [5, 5.41) is 0. The molecule has 0 aliphatic heterocycles. The first kappa shape index (κ1) is 17.4. The summed E-state index contributed by atoms with van der Waals surface area (Å²) in [4.78, 5) is 0. The van der Waals surface area contributed by atoms with Gasteiger partial charge in [0.15, 0.2) is 0 Å². The number of rotatable bonds is 10. The van der Waals surface area contributed by atoms with E-state index in [1.807, 2.05) is 31.2 Å². The van der Waals surface area contributed by atoms with Crippen molar-refractivity contribution in [3.63, 3.8) is 0 Å². The van der Waals surface area contributed by atoms with Crippen LogP contribution in [0.5, 0.6) is 0 Å². The third-order valence-electron chi connectivity index (χ3n) is 2.51. The van der Waals surface area contributed by atoms with Gasteiger partial charge in [0.2, 0.25) is 0 Å². The Morgan fingerprint density at radius 3 is 1.79 bits per heavy atom. The zero-order valence-corrected chi connectivity index (χ0v) is 12.5. The van der Waals surface area contributed by atoms with Crippen molar-refractivity contribution < 1.29 is 0 Å². The Kier molecular flexibility index (Phi) is 15.1. The van der Waals surface area contributed by atoms with Gasteiger partial charge in [0, 0.05) is 0 Å². The fourth-order valence-corrected chi connectivity index (χ4v) is 1.45. The molecule has 0 heteroatoms. The van der Waals surface area contributed by atoms with Gasteiger partial charge in [0.25, 0.3) is 0 Å². The van der Waals surface area contributed by atoms with Gasteiger partial charge in [0.05, 0.1) is 0 Å². The summed E-state index contributed by atoms with van der Waals surface area (Å²) < 4.78 is 0. The molecule has 0 bridgehead atoms. The number of hydrogen-bond acceptors (Lipinski definition) is 0. The molecule has 0 aliphatic rings. The molecular formula is C19H28. The summed E-state index contributed by atoms with van der Waals surface area (Å²) >= 11 is 0. The van der Waals surface area contributed by atoms with E-state index < -0.39 is 0 Å². The molecule has 0 saturated carbocycles. The highest BCUT2D eigenvalue weighted by Crippen LogP contribution is 1.99. The molecular weight excluding hydrogens is 228 g/mol. The van der Waals surface area contributed by atoms with Crippen LogP contribution in [0.4, 0.5) is 0 Å². The van der Waals surface area contributed by atoms with Gasteiger partial charge < -0.3 is 0 Å². The SMILES string of the molecule is CC=CC=CC=CCC=CC=CC=CCCCCC. The van der Waals surface area contributed by atoms with Gasteiger partial charge in [-0.3, -0.25) is 0 Å². The molecule has 0 aromatic rings. The van der Waals surface area contributed by atoms with Crippen molar-refractivity contribution >= 4 is 0 Å². The average Bonchev–Trinajstić information content (AvgIpc) is 2.43. The first-order chi connectivity index (χ1) is 9.41. The Balaban J connectivity index is 3.56. The van der Waals surface area contributed by atoms with Gasteiger partial charge >= 0.3 is 0 Å². The molecule has 0 aliphatic carbocycles. The van der Waals surface area contributed by atoms with Crippen LogP contribution >= 0.6 is 0 Å². The molecule has 0 aromatic carbocycles. The van der Waals surface area contributed by atoms with Gasteiger partial charge in [-0.05, 0) is 26.2 Å². The van der Waals surface area contributed by atoms with Crippen molar-refractivity contribution in [3.05, 3.63) is 72.9 Å². The monoisotopic (exact) mass is 256 g/mol. The normalized spacial score (nSPS) is 13.6. The molecule has 0 N–H and O–H groups in total. The second-order valence-electron chi connectivity index (χ2n) is 4.31. The lowest BCUT2D eigenvalue weighted by molar-refractivity contribution is 0.729. The van der Waals surface area contributed by atoms with Crippen LogP contribution in [0.15, 0.2) is 72.9 Å². The largest absolute Gasteiger partial charge is 0.0877 e. The van der Waals surface area contributed by atoms with E-state index in [9.17, 15) is 0 Å². The molecule has 0 amide bonds. The van der Waals surface area contributed by atoms with E-state index in [-0.39, 0.29) is 0 Å². The number of hydrogen-bond donors (Lipinski definition) is 0. The maximum Gasteiger partial charge on any atom is -0.0163 e. The number of allylic oxidation sites excluding steroid dienone is 12. The lowest BCUT2D eigenvalue weighted by Crippen LogP contribution is -1.69. The topological polar surface area (TPSA) is 0 Å². The fraction of sp³-hybridized carbons (Fsp3) is 0.368. The minimum Gasteiger partial charge on any atom is -0.0877 e. The van der Waals surface area contributed by atoms with Crippen LogP contribution in [0.3, 0.4) is 0 Å². The Morgan fingerprint density at radius 2 is 1.21 bits per heavy atom. The Labute approximate surface area is 119 Å². The standard InChI is InChI=1S/C19H28/c1-3-5-7-9-11-13-15-17-19-18-16-14-12-10-8-6-4-2/h3,5,7,9,11-14,16-19H,4,6,8,10,15H2,1-2H3. The number of unbranched alkanes of at least 4 members (excludes halogenated alkanes) is 3. The molecule has 0 atom stereocenters. The lowest BCUT2D eigenvalue weighted by Gasteiger charge is -1.89. The van der Waals surface area contributed by atoms with Crippen molar-refractivity contribution in [2.75, 3.05) is 0 Å². The summed E-state index contributed by atoms with van der Waals surface area (Å²) in [6.07, 6.45) is 31.2. The summed E-state index contributed by atoms with van der Waals surface area (Å²) in [7, 11) is 0. The van der Waals surface area contributed by atoms with Gasteiger partial charge in [-0.1, -0.05) is 92.7 Å². The Hall–Kier alpha value is -1.56. The summed E-state index contributed by atoms with van der Waals surface area (Å²) in [6.45, 7) is 4.25. The summed E-state index contributed by atoms with van der Waals surface area (Å²) in [6, 6.07) is 0. The van der Waals surface area contributed by atoms with Crippen LogP contribution in [-0.2, 0) is 0 Å². The van der Waals surface area contributed by atoms with Crippen LogP contribution in [0.1, 0.15) is 46.0 Å². The quantitative estimate of drug-likeness (QED) is 0.317. The Morgan fingerprint density at radius 1 is 0.632 bits per heavy atom. The molecule has 0 unspecified atom stereocenters. The third-order valence-corrected chi connectivity index (χ3v) is 2.51. The molecule has 0 aromatic heterocycles. The van der Waals surface area contributed by atoms with E-state index >= 15 is 0 Å². The summed E-state index contributed by atoms with van der Waals surface area (Å²) in [5.74, 6) is 0. The Bertz CT molecular complexity index is 335. The molecule has 0 saturated heterocycles. The highest BCUT2D eigenvalue weighted by atomic mass is 13.9. The molecule has 0 heterocycles. The van der Waals surface area contributed by atoms with Gasteiger partial charge in [0.1, 0.15) is 0 Å². The van der Waals surface area contributed by atoms with Crippen LogP contribution in [0.2, 0.25) is 0 Å². The molecule has 0 spiro atoms. The summed E-state index contributed by atoms with van der Waals surface area (Å²) in [5.41, 5.74) is 0. The fourth-order valence-electron chi connectivity index (χ4n) is 1.45. The van der Waals surface area contributed by atoms with E-state index in [0.29, 0.717) is 0 Å². The molecule has 104 valence electrons. The van der Waals surface area contributed by atoms with E-state index in [1.54, 1.807) is 0 Å². The van der Waals surface area contributed by atoms with Crippen LogP contribution in [0, 0.1) is 0 Å². The highest BCUT2D eigenvalue weighted by Gasteiger charge is 1.79. The second kappa shape index (κ2) is 16.4. The third kappa shape index (κ3) is 16.4. The lowest BCUT2D eigenvalue weighted by atomic mass is 10.2. The zero-order chi connectivity index (χ0) is 14.0. The van der Waals surface area contributed by atoms with Crippen molar-refractivity contribution in [1.29, 1.82) is 0 Å². The maximum absolute atomic E-state index is 2.24. The first-order valence-corrected chi connectivity index (χ1v) is 7.34. The van der Waals surface area contributed by atoms with Crippen molar-refractivity contribution in [3.8, 4) is 0 Å². The molecule has 0 nitrogen and oxygen atoms in total. The van der Waals surface area contributed by atoms with Crippen LogP contribution < -0.4 is 0 Å². The smallest absolute Gasteiger partial charge is 0.0163 e. The molecule has 0 fully saturated rings. The van der Waals surface area contributed by atoms with Crippen LogP contribution in [-0.4, -0.2) is 0 Å². The maximum atomic E-state index is 2.24. The van der Waals surface area contributed by atoms with Crippen molar-refractivity contribution in [1.82, 2.24) is 0 Å². The van der Waals surface area contributed by atoms with Gasteiger partial charge in [-0.15, -0.1) is 0 Å². The highest BCUT2D eigenvalue weighted by molar-refractivity contribution is 5.14. The van der Waals surface area contributed by atoms with Gasteiger partial charge in [-0.2, -0.15) is 0 Å². The van der Waals surface area contributed by atoms with Gasteiger partial charge in [-0.25, -0.2) is 0 Å². The van der Waals surface area contributed by atoms with E-state index in [0.717, 1.165) is 6.42 Å². The molecule has 19 heavy (non-hydrogen) atoms. The zero-order valence-electron chi connectivity index (χ0n) is 12.5. The minimum absolute atomic E-state index is 0.977.